The molecule has 1 aliphatic rings. The van der Waals surface area contributed by atoms with Crippen LogP contribution < -0.4 is 0 Å². The van der Waals surface area contributed by atoms with Gasteiger partial charge in [-0.05, 0) is 38.5 Å². The molecule has 2 unspecified atom stereocenters. The maximum absolute atomic E-state index is 12.8. The number of unbranched alkanes of at least 4 members (excludes halogenated alkanes) is 25. The highest BCUT2D eigenvalue weighted by atomic mass is 16.7. The van der Waals surface area contributed by atoms with E-state index in [4.69, 9.17) is 18.9 Å². The Morgan fingerprint density at radius 1 is 0.534 bits per heavy atom. The van der Waals surface area contributed by atoms with Crippen LogP contribution in [0.15, 0.2) is 24.3 Å². The summed E-state index contributed by atoms with van der Waals surface area (Å²) in [4.78, 5) is 25.4. The van der Waals surface area contributed by atoms with Gasteiger partial charge in [-0.25, -0.2) is 0 Å². The first-order valence-corrected chi connectivity index (χ1v) is 23.9. The lowest BCUT2D eigenvalue weighted by atomic mass is 9.99. The number of aliphatic hydroxyl groups is 4. The van der Waals surface area contributed by atoms with Gasteiger partial charge in [0.15, 0.2) is 12.4 Å². The second-order valence-corrected chi connectivity index (χ2v) is 16.6. The van der Waals surface area contributed by atoms with Gasteiger partial charge in [0.05, 0.1) is 13.2 Å². The number of hydrogen-bond acceptors (Lipinski definition) is 10. The topological polar surface area (TPSA) is 152 Å². The molecule has 1 aliphatic heterocycles. The van der Waals surface area contributed by atoms with Gasteiger partial charge in [0.2, 0.25) is 0 Å². The smallest absolute Gasteiger partial charge is 0.306 e. The van der Waals surface area contributed by atoms with Crippen molar-refractivity contribution in [3.05, 3.63) is 24.3 Å². The number of esters is 2. The first kappa shape index (κ1) is 54.2. The van der Waals surface area contributed by atoms with E-state index >= 15 is 0 Å². The third-order valence-corrected chi connectivity index (χ3v) is 11.1. The molecule has 1 saturated heterocycles. The Balaban J connectivity index is 2.28. The summed E-state index contributed by atoms with van der Waals surface area (Å²) in [6.45, 7) is 3.39. The molecule has 0 bridgehead atoms. The zero-order valence-corrected chi connectivity index (χ0v) is 37.1. The molecule has 58 heavy (non-hydrogen) atoms. The summed E-state index contributed by atoms with van der Waals surface area (Å²) in [5, 5.41) is 40.1. The quantitative estimate of drug-likeness (QED) is 0.0267. The van der Waals surface area contributed by atoms with Crippen LogP contribution >= 0.6 is 0 Å². The average molecular weight is 825 g/mol. The zero-order chi connectivity index (χ0) is 42.3. The predicted octanol–water partition coefficient (Wildman–Crippen LogP) is 10.5. The molecule has 0 saturated carbocycles. The predicted molar refractivity (Wildman–Crippen MR) is 233 cm³/mol. The van der Waals surface area contributed by atoms with E-state index in [1.807, 2.05) is 0 Å². The van der Waals surface area contributed by atoms with Crippen molar-refractivity contribution in [2.24, 2.45) is 0 Å². The highest BCUT2D eigenvalue weighted by Gasteiger charge is 2.44. The number of carbonyl (C=O) groups is 2. The van der Waals surface area contributed by atoms with Gasteiger partial charge in [0.1, 0.15) is 31.0 Å². The number of aliphatic hydroxyl groups excluding tert-OH is 4. The van der Waals surface area contributed by atoms with Gasteiger partial charge in [-0.15, -0.1) is 0 Å². The summed E-state index contributed by atoms with van der Waals surface area (Å²) in [6, 6.07) is 0. The Hall–Kier alpha value is -1.82. The van der Waals surface area contributed by atoms with Gasteiger partial charge >= 0.3 is 11.9 Å². The number of rotatable bonds is 40. The van der Waals surface area contributed by atoms with Crippen molar-refractivity contribution in [2.45, 2.75) is 250 Å². The molecule has 0 spiro atoms. The average Bonchev–Trinajstić information content (AvgIpc) is 3.22. The van der Waals surface area contributed by atoms with Crippen molar-refractivity contribution in [1.82, 2.24) is 0 Å². The molecule has 0 amide bonds. The SMILES string of the molecule is CCCC/C=C/C/C=C/CCCCCCCC(=O)O[C@@H](COC(=O)CCCCCCCCCCCCCCCCCCCCC)CO[C@H]1O[C@@H](CO)[C@@H](O)C(O)C1O. The fraction of sp³-hybridized carbons (Fsp3) is 0.875. The highest BCUT2D eigenvalue weighted by molar-refractivity contribution is 5.70. The Labute approximate surface area is 353 Å². The van der Waals surface area contributed by atoms with Gasteiger partial charge < -0.3 is 39.4 Å². The second kappa shape index (κ2) is 39.3. The van der Waals surface area contributed by atoms with Gasteiger partial charge in [0, 0.05) is 12.8 Å². The van der Waals surface area contributed by atoms with Crippen LogP contribution in [0.25, 0.3) is 0 Å². The minimum atomic E-state index is -1.59. The van der Waals surface area contributed by atoms with Crippen molar-refractivity contribution in [3.8, 4) is 0 Å². The Morgan fingerprint density at radius 2 is 0.983 bits per heavy atom. The lowest BCUT2D eigenvalue weighted by Crippen LogP contribution is -2.59. The molecule has 340 valence electrons. The minimum Gasteiger partial charge on any atom is -0.462 e. The highest BCUT2D eigenvalue weighted by Crippen LogP contribution is 2.23. The fourth-order valence-electron chi connectivity index (χ4n) is 7.26. The largest absolute Gasteiger partial charge is 0.462 e. The summed E-state index contributed by atoms with van der Waals surface area (Å²) in [7, 11) is 0. The molecule has 0 radical (unpaired) electrons. The summed E-state index contributed by atoms with van der Waals surface area (Å²) in [5.41, 5.74) is 0. The van der Waals surface area contributed by atoms with E-state index < -0.39 is 49.4 Å². The van der Waals surface area contributed by atoms with Gasteiger partial charge in [0.25, 0.3) is 0 Å². The van der Waals surface area contributed by atoms with E-state index in [1.54, 1.807) is 0 Å². The molecule has 10 heteroatoms. The number of allylic oxidation sites excluding steroid dienone is 4. The van der Waals surface area contributed by atoms with Crippen molar-refractivity contribution in [2.75, 3.05) is 19.8 Å². The van der Waals surface area contributed by atoms with Crippen molar-refractivity contribution in [3.63, 3.8) is 0 Å². The maximum atomic E-state index is 12.8. The standard InChI is InChI=1S/C48H88O10/c1-3-5-7-9-11-13-15-17-19-20-21-22-23-25-26-28-30-32-34-36-43(50)55-39-41(40-56-48-47(54)46(53)45(52)42(38-49)58-48)57-44(51)37-35-33-31-29-27-24-18-16-14-12-10-8-6-4-2/h10,12,16,18,41-42,45-49,52-54H,3-9,11,13-15,17,19-40H2,1-2H3/b12-10+,18-16+/t41-,42-,45+,46?,47?,48-/m0/s1. The molecular formula is C48H88O10. The van der Waals surface area contributed by atoms with E-state index in [0.717, 1.165) is 64.2 Å². The van der Waals surface area contributed by atoms with Crippen LogP contribution in [0.2, 0.25) is 0 Å². The Bertz CT molecular complexity index is 1000. The molecule has 0 aromatic carbocycles. The summed E-state index contributed by atoms with van der Waals surface area (Å²) in [5.74, 6) is -0.814. The van der Waals surface area contributed by atoms with E-state index in [9.17, 15) is 30.0 Å². The first-order valence-electron chi connectivity index (χ1n) is 23.9. The fourth-order valence-corrected chi connectivity index (χ4v) is 7.26. The molecule has 6 atom stereocenters. The van der Waals surface area contributed by atoms with Crippen molar-refractivity contribution in [1.29, 1.82) is 0 Å². The molecule has 1 rings (SSSR count). The van der Waals surface area contributed by atoms with E-state index in [1.165, 1.54) is 116 Å². The third-order valence-electron chi connectivity index (χ3n) is 11.1. The third kappa shape index (κ3) is 30.2. The van der Waals surface area contributed by atoms with E-state index in [0.29, 0.717) is 6.42 Å². The van der Waals surface area contributed by atoms with Crippen LogP contribution in [0.1, 0.15) is 213 Å². The molecule has 1 fully saturated rings. The molecule has 0 aliphatic carbocycles. The summed E-state index contributed by atoms with van der Waals surface area (Å²) >= 11 is 0. The molecule has 10 nitrogen and oxygen atoms in total. The zero-order valence-electron chi connectivity index (χ0n) is 37.1. The number of hydrogen-bond donors (Lipinski definition) is 4. The maximum Gasteiger partial charge on any atom is 0.306 e. The monoisotopic (exact) mass is 825 g/mol. The van der Waals surface area contributed by atoms with Crippen LogP contribution in [0, 0.1) is 0 Å². The van der Waals surface area contributed by atoms with Crippen LogP contribution in [-0.4, -0.2) is 89.0 Å². The van der Waals surface area contributed by atoms with Crippen LogP contribution in [0.4, 0.5) is 0 Å². The molecule has 4 N–H and O–H groups in total. The molecular weight excluding hydrogens is 737 g/mol. The minimum absolute atomic E-state index is 0.216. The van der Waals surface area contributed by atoms with Gasteiger partial charge in [-0.2, -0.15) is 0 Å². The summed E-state index contributed by atoms with van der Waals surface area (Å²) in [6.07, 6.45) is 36.1. The van der Waals surface area contributed by atoms with E-state index in [2.05, 4.69) is 38.2 Å². The molecule has 1 heterocycles. The number of carbonyl (C=O) groups excluding carboxylic acids is 2. The van der Waals surface area contributed by atoms with Crippen LogP contribution in [0.5, 0.6) is 0 Å². The lowest BCUT2D eigenvalue weighted by molar-refractivity contribution is -0.305. The van der Waals surface area contributed by atoms with Crippen LogP contribution in [-0.2, 0) is 28.5 Å². The molecule has 0 aromatic heterocycles. The van der Waals surface area contributed by atoms with Crippen molar-refractivity contribution >= 4 is 11.9 Å². The van der Waals surface area contributed by atoms with Gasteiger partial charge in [-0.1, -0.05) is 186 Å². The first-order chi connectivity index (χ1) is 28.3. The molecule has 0 aromatic rings. The second-order valence-electron chi connectivity index (χ2n) is 16.6. The number of ether oxygens (including phenoxy) is 4. The Morgan fingerprint density at radius 3 is 1.48 bits per heavy atom. The van der Waals surface area contributed by atoms with Crippen molar-refractivity contribution < 1.29 is 49.0 Å². The van der Waals surface area contributed by atoms with Gasteiger partial charge in [-0.3, -0.25) is 9.59 Å². The summed E-state index contributed by atoms with van der Waals surface area (Å²) < 4.78 is 22.2. The Kier molecular flexibility index (Phi) is 36.7. The normalized spacial score (nSPS) is 20.3. The lowest BCUT2D eigenvalue weighted by Gasteiger charge is -2.39. The van der Waals surface area contributed by atoms with E-state index in [-0.39, 0.29) is 32.0 Å². The van der Waals surface area contributed by atoms with Crippen LogP contribution in [0.3, 0.4) is 0 Å².